The van der Waals surface area contributed by atoms with Crippen LogP contribution in [0.4, 0.5) is 0 Å². The lowest BCUT2D eigenvalue weighted by Crippen LogP contribution is -2.40. The minimum atomic E-state index is 0.554. The van der Waals surface area contributed by atoms with Crippen LogP contribution < -0.4 is 5.32 Å². The molecular formula is C22H33N5O2. The van der Waals surface area contributed by atoms with Gasteiger partial charge in [-0.15, -0.1) is 0 Å². The lowest BCUT2D eigenvalue weighted by molar-refractivity contribution is 0.0536. The largest absolute Gasteiger partial charge is 0.382 e. The van der Waals surface area contributed by atoms with Crippen molar-refractivity contribution in [2.75, 3.05) is 46.6 Å². The molecule has 0 bridgehead atoms. The normalized spacial score (nSPS) is 17.1. The summed E-state index contributed by atoms with van der Waals surface area (Å²) >= 11 is 0. The molecule has 1 fully saturated rings. The summed E-state index contributed by atoms with van der Waals surface area (Å²) in [6.45, 7) is 8.62. The number of methoxy groups -OCH3 is 1. The molecule has 1 atom stereocenters. The van der Waals surface area contributed by atoms with Gasteiger partial charge < -0.3 is 24.3 Å². The molecule has 7 nitrogen and oxygen atoms in total. The highest BCUT2D eigenvalue weighted by Crippen LogP contribution is 2.17. The number of ether oxygens (including phenoxy) is 2. The molecule has 0 aliphatic carbocycles. The molecule has 1 unspecified atom stereocenters. The van der Waals surface area contributed by atoms with Gasteiger partial charge in [-0.1, -0.05) is 24.3 Å². The monoisotopic (exact) mass is 399 g/mol. The minimum Gasteiger partial charge on any atom is -0.382 e. The molecule has 1 aromatic heterocycles. The van der Waals surface area contributed by atoms with Crippen molar-refractivity contribution in [3.8, 4) is 0 Å². The number of aromatic nitrogens is 2. The molecule has 1 saturated heterocycles. The smallest absolute Gasteiger partial charge is 0.194 e. The van der Waals surface area contributed by atoms with E-state index in [1.54, 1.807) is 13.3 Å². The maximum atomic E-state index is 5.71. The van der Waals surface area contributed by atoms with E-state index in [4.69, 9.17) is 14.5 Å². The molecule has 2 heterocycles. The Balaban J connectivity index is 1.51. The molecule has 0 amide bonds. The molecule has 3 rings (SSSR count). The molecular weight excluding hydrogens is 366 g/mol. The number of benzene rings is 1. The van der Waals surface area contributed by atoms with Crippen molar-refractivity contribution in [2.24, 2.45) is 10.9 Å². The van der Waals surface area contributed by atoms with Gasteiger partial charge in [0, 0.05) is 51.6 Å². The van der Waals surface area contributed by atoms with E-state index in [2.05, 4.69) is 51.0 Å². The number of rotatable bonds is 10. The Morgan fingerprint density at radius 2 is 2.07 bits per heavy atom. The van der Waals surface area contributed by atoms with Gasteiger partial charge in [-0.3, -0.25) is 0 Å². The summed E-state index contributed by atoms with van der Waals surface area (Å²) in [5.74, 6) is 1.55. The average Bonchev–Trinajstić information content (AvgIpc) is 3.42. The second kappa shape index (κ2) is 11.6. The summed E-state index contributed by atoms with van der Waals surface area (Å²) in [5.41, 5.74) is 2.48. The molecule has 29 heavy (non-hydrogen) atoms. The van der Waals surface area contributed by atoms with Crippen LogP contribution in [0.2, 0.25) is 0 Å². The van der Waals surface area contributed by atoms with Crippen molar-refractivity contribution in [1.29, 1.82) is 0 Å². The highest BCUT2D eigenvalue weighted by atomic mass is 16.5. The standard InChI is InChI=1S/C22H33N5O2/c1-3-24-22(27-10-8-21(16-27)17-29-13-12-28-2)25-14-19-4-6-20(7-5-19)15-26-11-9-23-18-26/h4-7,9,11,18,21H,3,8,10,12-17H2,1-2H3,(H,24,25). The molecule has 1 aromatic carbocycles. The van der Waals surface area contributed by atoms with Gasteiger partial charge >= 0.3 is 0 Å². The molecule has 7 heteroatoms. The van der Waals surface area contributed by atoms with Crippen LogP contribution in [0, 0.1) is 5.92 Å². The Hall–Kier alpha value is -2.38. The Kier molecular flexibility index (Phi) is 8.52. The van der Waals surface area contributed by atoms with E-state index in [0.717, 1.165) is 45.2 Å². The van der Waals surface area contributed by atoms with Crippen LogP contribution in [0.1, 0.15) is 24.5 Å². The van der Waals surface area contributed by atoms with Crippen LogP contribution in [0.5, 0.6) is 0 Å². The Labute approximate surface area is 173 Å². The molecule has 2 aromatic rings. The fourth-order valence-corrected chi connectivity index (χ4v) is 3.49. The minimum absolute atomic E-state index is 0.554. The molecule has 0 saturated carbocycles. The van der Waals surface area contributed by atoms with Crippen LogP contribution >= 0.6 is 0 Å². The first-order valence-electron chi connectivity index (χ1n) is 10.4. The summed E-state index contributed by atoms with van der Waals surface area (Å²) in [7, 11) is 1.70. The van der Waals surface area contributed by atoms with Gasteiger partial charge in [0.1, 0.15) is 0 Å². The number of guanidine groups is 1. The van der Waals surface area contributed by atoms with E-state index in [0.29, 0.717) is 25.7 Å². The van der Waals surface area contributed by atoms with Crippen LogP contribution in [0.25, 0.3) is 0 Å². The summed E-state index contributed by atoms with van der Waals surface area (Å²) in [6, 6.07) is 8.66. The van der Waals surface area contributed by atoms with Crippen LogP contribution in [0.3, 0.4) is 0 Å². The van der Waals surface area contributed by atoms with E-state index in [1.807, 2.05) is 12.5 Å². The van der Waals surface area contributed by atoms with E-state index in [9.17, 15) is 0 Å². The van der Waals surface area contributed by atoms with Crippen LogP contribution in [-0.4, -0.2) is 67.0 Å². The van der Waals surface area contributed by atoms with Gasteiger partial charge in [-0.2, -0.15) is 0 Å². The number of hydrogen-bond donors (Lipinski definition) is 1. The van der Waals surface area contributed by atoms with Gasteiger partial charge in [0.2, 0.25) is 0 Å². The summed E-state index contributed by atoms with van der Waals surface area (Å²) < 4.78 is 12.8. The number of hydrogen-bond acceptors (Lipinski definition) is 4. The van der Waals surface area contributed by atoms with Crippen molar-refractivity contribution in [2.45, 2.75) is 26.4 Å². The predicted molar refractivity (Wildman–Crippen MR) is 115 cm³/mol. The van der Waals surface area contributed by atoms with Crippen molar-refractivity contribution in [3.05, 3.63) is 54.1 Å². The number of imidazole rings is 1. The maximum absolute atomic E-state index is 5.71. The first-order valence-corrected chi connectivity index (χ1v) is 10.4. The van der Waals surface area contributed by atoms with Crippen molar-refractivity contribution in [1.82, 2.24) is 19.8 Å². The fourth-order valence-electron chi connectivity index (χ4n) is 3.49. The lowest BCUT2D eigenvalue weighted by atomic mass is 10.1. The number of nitrogens with one attached hydrogen (secondary N) is 1. The van der Waals surface area contributed by atoms with Crippen molar-refractivity contribution < 1.29 is 9.47 Å². The molecule has 1 N–H and O–H groups in total. The third kappa shape index (κ3) is 6.87. The van der Waals surface area contributed by atoms with Gasteiger partial charge in [0.25, 0.3) is 0 Å². The third-order valence-electron chi connectivity index (χ3n) is 5.06. The average molecular weight is 400 g/mol. The SMILES string of the molecule is CCNC(=NCc1ccc(Cn2ccnc2)cc1)N1CCC(COCCOC)C1. The van der Waals surface area contributed by atoms with Gasteiger partial charge in [0.05, 0.1) is 32.7 Å². The highest BCUT2D eigenvalue weighted by Gasteiger charge is 2.24. The second-order valence-corrected chi connectivity index (χ2v) is 7.39. The predicted octanol–water partition coefficient (Wildman–Crippen LogP) is 2.38. The summed E-state index contributed by atoms with van der Waals surface area (Å²) in [4.78, 5) is 11.3. The zero-order valence-electron chi connectivity index (χ0n) is 17.6. The Morgan fingerprint density at radius 3 is 2.79 bits per heavy atom. The van der Waals surface area contributed by atoms with Gasteiger partial charge in [-0.05, 0) is 24.5 Å². The summed E-state index contributed by atoms with van der Waals surface area (Å²) in [6.07, 6.45) is 6.76. The second-order valence-electron chi connectivity index (χ2n) is 7.39. The maximum Gasteiger partial charge on any atom is 0.194 e. The van der Waals surface area contributed by atoms with E-state index in [-0.39, 0.29) is 0 Å². The fraction of sp³-hybridized carbons (Fsp3) is 0.545. The highest BCUT2D eigenvalue weighted by molar-refractivity contribution is 5.80. The number of nitrogens with zero attached hydrogens (tertiary/aromatic N) is 4. The zero-order valence-corrected chi connectivity index (χ0v) is 17.6. The lowest BCUT2D eigenvalue weighted by Gasteiger charge is -2.21. The van der Waals surface area contributed by atoms with E-state index >= 15 is 0 Å². The molecule has 158 valence electrons. The Bertz CT molecular complexity index is 730. The van der Waals surface area contributed by atoms with Gasteiger partial charge in [-0.25, -0.2) is 9.98 Å². The molecule has 0 spiro atoms. The zero-order chi connectivity index (χ0) is 20.3. The summed E-state index contributed by atoms with van der Waals surface area (Å²) in [5, 5.41) is 3.44. The molecule has 0 radical (unpaired) electrons. The van der Waals surface area contributed by atoms with Crippen molar-refractivity contribution >= 4 is 5.96 Å². The quantitative estimate of drug-likeness (QED) is 0.378. The van der Waals surface area contributed by atoms with E-state index < -0.39 is 0 Å². The molecule has 1 aliphatic rings. The van der Waals surface area contributed by atoms with Crippen LogP contribution in [0.15, 0.2) is 48.0 Å². The third-order valence-corrected chi connectivity index (χ3v) is 5.06. The number of likely N-dealkylation sites (tertiary alicyclic amines) is 1. The first-order chi connectivity index (χ1) is 14.3. The van der Waals surface area contributed by atoms with Gasteiger partial charge in [0.15, 0.2) is 5.96 Å². The topological polar surface area (TPSA) is 63.9 Å². The number of aliphatic imine (C=N–C) groups is 1. The van der Waals surface area contributed by atoms with Crippen molar-refractivity contribution in [3.63, 3.8) is 0 Å². The Morgan fingerprint density at radius 1 is 1.24 bits per heavy atom. The van der Waals surface area contributed by atoms with E-state index in [1.165, 1.54) is 11.1 Å². The first kappa shape index (κ1) is 21.3. The van der Waals surface area contributed by atoms with Crippen LogP contribution in [-0.2, 0) is 22.6 Å². The molecule has 1 aliphatic heterocycles.